The van der Waals surface area contributed by atoms with Crippen LogP contribution in [0.5, 0.6) is 0 Å². The van der Waals surface area contributed by atoms with Gasteiger partial charge in [0, 0.05) is 12.7 Å². The first kappa shape index (κ1) is 20.1. The molecule has 0 atom stereocenters. The van der Waals surface area contributed by atoms with Crippen molar-refractivity contribution in [3.8, 4) is 10.4 Å². The predicted octanol–water partition coefficient (Wildman–Crippen LogP) is 5.45. The Hall–Kier alpha value is -3.18. The maximum atomic E-state index is 13.1. The summed E-state index contributed by atoms with van der Waals surface area (Å²) in [7, 11) is 0. The Morgan fingerprint density at radius 1 is 0.867 bits per heavy atom. The van der Waals surface area contributed by atoms with Crippen LogP contribution in [0.2, 0.25) is 0 Å². The minimum absolute atomic E-state index is 0.0209. The zero-order chi connectivity index (χ0) is 20.6. The molecule has 2 aromatic carbocycles. The summed E-state index contributed by atoms with van der Waals surface area (Å²) in [4.78, 5) is 18.5. The number of benzene rings is 2. The van der Waals surface area contributed by atoms with Crippen molar-refractivity contribution in [1.82, 2.24) is 8.94 Å². The highest BCUT2D eigenvalue weighted by molar-refractivity contribution is 7.10. The molecule has 0 bridgehead atoms. The van der Waals surface area contributed by atoms with Crippen molar-refractivity contribution in [2.24, 2.45) is 0 Å². The van der Waals surface area contributed by atoms with E-state index >= 15 is 0 Å². The minimum atomic E-state index is 0.0209. The first-order valence-electron chi connectivity index (χ1n) is 10.3. The Labute approximate surface area is 181 Å². The highest BCUT2D eigenvalue weighted by Crippen LogP contribution is 2.30. The van der Waals surface area contributed by atoms with Gasteiger partial charge in [0.05, 0.1) is 17.1 Å². The van der Waals surface area contributed by atoms with E-state index in [1.807, 2.05) is 42.5 Å². The number of anilines is 1. The van der Waals surface area contributed by atoms with Gasteiger partial charge in [-0.3, -0.25) is 13.7 Å². The molecule has 0 saturated heterocycles. The van der Waals surface area contributed by atoms with Crippen molar-refractivity contribution in [3.63, 3.8) is 0 Å². The molecule has 2 aromatic heterocycles. The van der Waals surface area contributed by atoms with Gasteiger partial charge >= 0.3 is 0 Å². The molecule has 4 aromatic rings. The van der Waals surface area contributed by atoms with Gasteiger partial charge in [0.2, 0.25) is 0 Å². The zero-order valence-corrected chi connectivity index (χ0v) is 17.6. The highest BCUT2D eigenvalue weighted by Gasteiger charge is 2.16. The second-order valence-electron chi connectivity index (χ2n) is 7.19. The molecule has 1 N–H and O–H groups in total. The number of hydrogen-bond donors (Lipinski definition) is 1. The fraction of sp³-hybridized carbons (Fsp3) is 0.200. The van der Waals surface area contributed by atoms with Gasteiger partial charge in [-0.1, -0.05) is 78.3 Å². The van der Waals surface area contributed by atoms with Gasteiger partial charge in [-0.05, 0) is 42.5 Å². The maximum absolute atomic E-state index is 13.1. The summed E-state index contributed by atoms with van der Waals surface area (Å²) in [5.74, 6) is 0. The van der Waals surface area contributed by atoms with Crippen LogP contribution in [0.1, 0.15) is 24.1 Å². The molecule has 0 unspecified atom stereocenters. The van der Waals surface area contributed by atoms with Crippen molar-refractivity contribution in [2.75, 3.05) is 11.9 Å². The van der Waals surface area contributed by atoms with Crippen LogP contribution in [0.15, 0.2) is 89.9 Å². The van der Waals surface area contributed by atoms with Crippen molar-refractivity contribution in [1.29, 1.82) is 0 Å². The number of nitrogens with zero attached hydrogens (tertiary/aromatic N) is 2. The van der Waals surface area contributed by atoms with E-state index in [1.54, 1.807) is 10.2 Å². The summed E-state index contributed by atoms with van der Waals surface area (Å²) in [6, 6.07) is 26.4. The number of unbranched alkanes of at least 4 members (excludes halogenated alkanes) is 1. The van der Waals surface area contributed by atoms with E-state index in [-0.39, 0.29) is 5.56 Å². The standard InChI is InChI=1S/C25H25N3OS/c29-25-23(27-18-9-7-13-20-11-3-1-4-12-20)24(21-14-5-2-6-15-21)30-28(25)19-22-16-8-10-17-26-22/h1-6,8,10-12,14-17,27H,7,9,13,18-19H2. The average molecular weight is 416 g/mol. The largest absolute Gasteiger partial charge is 0.379 e. The van der Waals surface area contributed by atoms with Gasteiger partial charge in [0.15, 0.2) is 0 Å². The highest BCUT2D eigenvalue weighted by atomic mass is 32.1. The Bertz CT molecular complexity index is 1110. The minimum Gasteiger partial charge on any atom is -0.379 e. The van der Waals surface area contributed by atoms with Crippen molar-refractivity contribution < 1.29 is 0 Å². The summed E-state index contributed by atoms with van der Waals surface area (Å²) in [6.45, 7) is 1.27. The van der Waals surface area contributed by atoms with E-state index in [0.29, 0.717) is 12.2 Å². The third kappa shape index (κ3) is 5.05. The third-order valence-electron chi connectivity index (χ3n) is 4.97. The average Bonchev–Trinajstić information content (AvgIpc) is 3.11. The van der Waals surface area contributed by atoms with Crippen molar-refractivity contribution in [3.05, 3.63) is 107 Å². The molecule has 152 valence electrons. The Kier molecular flexibility index (Phi) is 6.72. The number of aryl methyl sites for hydroxylation is 1. The van der Waals surface area contributed by atoms with Crippen LogP contribution in [0, 0.1) is 0 Å². The molecule has 0 aliphatic carbocycles. The number of pyridine rings is 1. The molecule has 2 heterocycles. The van der Waals surface area contributed by atoms with E-state index < -0.39 is 0 Å². The fourth-order valence-electron chi connectivity index (χ4n) is 3.42. The fourth-order valence-corrected chi connectivity index (χ4v) is 4.50. The van der Waals surface area contributed by atoms with Gasteiger partial charge < -0.3 is 5.32 Å². The molecule has 0 radical (unpaired) electrons. The molecule has 4 nitrogen and oxygen atoms in total. The monoisotopic (exact) mass is 415 g/mol. The van der Waals surface area contributed by atoms with Crippen LogP contribution < -0.4 is 10.9 Å². The summed E-state index contributed by atoms with van der Waals surface area (Å²) in [5.41, 5.74) is 4.02. The Balaban J connectivity index is 1.48. The van der Waals surface area contributed by atoms with E-state index in [1.165, 1.54) is 17.1 Å². The lowest BCUT2D eigenvalue weighted by Gasteiger charge is -2.06. The second-order valence-corrected chi connectivity index (χ2v) is 8.23. The summed E-state index contributed by atoms with van der Waals surface area (Å²) in [5, 5.41) is 3.43. The SMILES string of the molecule is O=c1c(NCCCCc2ccccc2)c(-c2ccccc2)sn1Cc1ccccn1. The van der Waals surface area contributed by atoms with E-state index in [2.05, 4.69) is 46.7 Å². The summed E-state index contributed by atoms with van der Waals surface area (Å²) < 4.78 is 1.79. The van der Waals surface area contributed by atoms with Crippen LogP contribution in [0.3, 0.4) is 0 Å². The maximum Gasteiger partial charge on any atom is 0.285 e. The molecule has 0 fully saturated rings. The first-order valence-corrected chi connectivity index (χ1v) is 11.1. The lowest BCUT2D eigenvalue weighted by molar-refractivity contribution is 0.761. The van der Waals surface area contributed by atoms with Crippen LogP contribution in [-0.4, -0.2) is 15.5 Å². The normalized spacial score (nSPS) is 10.8. The summed E-state index contributed by atoms with van der Waals surface area (Å²) in [6.07, 6.45) is 4.92. The Morgan fingerprint density at radius 2 is 1.60 bits per heavy atom. The third-order valence-corrected chi connectivity index (χ3v) is 6.11. The lowest BCUT2D eigenvalue weighted by Crippen LogP contribution is -2.18. The molecule has 5 heteroatoms. The van der Waals surface area contributed by atoms with Gasteiger partial charge in [0.25, 0.3) is 5.56 Å². The van der Waals surface area contributed by atoms with Crippen molar-refractivity contribution in [2.45, 2.75) is 25.8 Å². The smallest absolute Gasteiger partial charge is 0.285 e. The van der Waals surface area contributed by atoms with Gasteiger partial charge in [-0.2, -0.15) is 0 Å². The zero-order valence-electron chi connectivity index (χ0n) is 16.8. The molecule has 4 rings (SSSR count). The van der Waals surface area contributed by atoms with Crippen LogP contribution in [0.4, 0.5) is 5.69 Å². The Morgan fingerprint density at radius 3 is 2.33 bits per heavy atom. The van der Waals surface area contributed by atoms with Crippen LogP contribution in [-0.2, 0) is 13.0 Å². The van der Waals surface area contributed by atoms with Gasteiger partial charge in [0.1, 0.15) is 5.69 Å². The number of hydrogen-bond acceptors (Lipinski definition) is 4. The second kappa shape index (κ2) is 10.0. The topological polar surface area (TPSA) is 46.9 Å². The molecule has 0 saturated carbocycles. The molecule has 0 aliphatic heterocycles. The predicted molar refractivity (Wildman–Crippen MR) is 125 cm³/mol. The van der Waals surface area contributed by atoms with E-state index in [4.69, 9.17) is 0 Å². The first-order chi connectivity index (χ1) is 14.8. The molecule has 0 amide bonds. The number of rotatable bonds is 9. The van der Waals surface area contributed by atoms with E-state index in [9.17, 15) is 4.79 Å². The summed E-state index contributed by atoms with van der Waals surface area (Å²) >= 11 is 1.50. The number of aromatic nitrogens is 2. The van der Waals surface area contributed by atoms with Crippen LogP contribution in [0.25, 0.3) is 10.4 Å². The molecular weight excluding hydrogens is 390 g/mol. The molecule has 0 spiro atoms. The van der Waals surface area contributed by atoms with Crippen molar-refractivity contribution >= 4 is 17.2 Å². The van der Waals surface area contributed by atoms with Gasteiger partial charge in [-0.25, -0.2) is 0 Å². The number of nitrogens with one attached hydrogen (secondary N) is 1. The van der Waals surface area contributed by atoms with Gasteiger partial charge in [-0.15, -0.1) is 0 Å². The molecule has 0 aliphatic rings. The molecule has 30 heavy (non-hydrogen) atoms. The quantitative estimate of drug-likeness (QED) is 0.370. The lowest BCUT2D eigenvalue weighted by atomic mass is 10.1. The van der Waals surface area contributed by atoms with Crippen LogP contribution >= 0.6 is 11.5 Å². The molecular formula is C25H25N3OS. The van der Waals surface area contributed by atoms with E-state index in [0.717, 1.165) is 41.9 Å².